The fourth-order valence-corrected chi connectivity index (χ4v) is 2.21. The zero-order chi connectivity index (χ0) is 12.4. The van der Waals surface area contributed by atoms with Gasteiger partial charge in [-0.3, -0.25) is 4.79 Å². The van der Waals surface area contributed by atoms with E-state index in [9.17, 15) is 4.79 Å². The van der Waals surface area contributed by atoms with Gasteiger partial charge in [0.15, 0.2) is 10.9 Å². The molecule has 0 atom stereocenters. The quantitative estimate of drug-likeness (QED) is 0.661. The molecule has 0 saturated heterocycles. The van der Waals surface area contributed by atoms with Gasteiger partial charge in [0.25, 0.3) is 0 Å². The van der Waals surface area contributed by atoms with Gasteiger partial charge in [-0.1, -0.05) is 0 Å². The molecule has 0 bridgehead atoms. The molecule has 0 aliphatic carbocycles. The van der Waals surface area contributed by atoms with E-state index in [-0.39, 0.29) is 5.78 Å². The van der Waals surface area contributed by atoms with Crippen LogP contribution in [0, 0.1) is 0 Å². The number of carbonyl (C=O) groups excluding carboxylic acids is 1. The second kappa shape index (κ2) is 4.58. The summed E-state index contributed by atoms with van der Waals surface area (Å²) in [5.41, 5.74) is 6.85. The maximum absolute atomic E-state index is 11.2. The number of ketones is 1. The van der Waals surface area contributed by atoms with Crippen LogP contribution in [0.25, 0.3) is 0 Å². The SMILES string of the molecule is CC(=O)c1ccc(Sc2nncn2C)cc1N. The molecule has 0 spiro atoms. The first-order valence-corrected chi connectivity index (χ1v) is 5.82. The summed E-state index contributed by atoms with van der Waals surface area (Å²) in [4.78, 5) is 12.2. The van der Waals surface area contributed by atoms with Crippen molar-refractivity contribution < 1.29 is 4.79 Å². The number of nitrogen functional groups attached to an aromatic ring is 1. The van der Waals surface area contributed by atoms with Crippen molar-refractivity contribution in [1.82, 2.24) is 14.8 Å². The van der Waals surface area contributed by atoms with E-state index in [1.54, 1.807) is 18.5 Å². The summed E-state index contributed by atoms with van der Waals surface area (Å²) in [6.07, 6.45) is 1.63. The van der Waals surface area contributed by atoms with Crippen LogP contribution < -0.4 is 5.73 Å². The fourth-order valence-electron chi connectivity index (χ4n) is 1.40. The number of anilines is 1. The van der Waals surface area contributed by atoms with E-state index in [0.717, 1.165) is 10.1 Å². The van der Waals surface area contributed by atoms with Crippen LogP contribution in [-0.4, -0.2) is 20.5 Å². The zero-order valence-corrected chi connectivity index (χ0v) is 10.4. The molecule has 0 fully saturated rings. The van der Waals surface area contributed by atoms with Crippen molar-refractivity contribution in [2.45, 2.75) is 17.0 Å². The largest absolute Gasteiger partial charge is 0.398 e. The molecule has 2 N–H and O–H groups in total. The molecule has 0 unspecified atom stereocenters. The Labute approximate surface area is 103 Å². The number of benzene rings is 1. The minimum absolute atomic E-state index is 0.0299. The Bertz CT molecular complexity index is 564. The van der Waals surface area contributed by atoms with Gasteiger partial charge in [0.1, 0.15) is 6.33 Å². The van der Waals surface area contributed by atoms with Gasteiger partial charge < -0.3 is 10.3 Å². The summed E-state index contributed by atoms with van der Waals surface area (Å²) in [6, 6.07) is 5.36. The highest BCUT2D eigenvalue weighted by atomic mass is 32.2. The van der Waals surface area contributed by atoms with Crippen molar-refractivity contribution in [3.8, 4) is 0 Å². The molecule has 1 heterocycles. The van der Waals surface area contributed by atoms with Gasteiger partial charge in [-0.25, -0.2) is 0 Å². The highest BCUT2D eigenvalue weighted by Crippen LogP contribution is 2.28. The molecule has 1 aromatic carbocycles. The van der Waals surface area contributed by atoms with E-state index in [4.69, 9.17) is 5.73 Å². The van der Waals surface area contributed by atoms with Gasteiger partial charge in [-0.15, -0.1) is 10.2 Å². The van der Waals surface area contributed by atoms with Crippen LogP contribution in [0.4, 0.5) is 5.69 Å². The number of nitrogens with two attached hydrogens (primary N) is 1. The summed E-state index contributed by atoms with van der Waals surface area (Å²) >= 11 is 1.45. The first-order valence-electron chi connectivity index (χ1n) is 5.00. The van der Waals surface area contributed by atoms with E-state index in [2.05, 4.69) is 10.2 Å². The molecule has 17 heavy (non-hydrogen) atoms. The van der Waals surface area contributed by atoms with Gasteiger partial charge in [-0.2, -0.15) is 0 Å². The summed E-state index contributed by atoms with van der Waals surface area (Å²) in [5, 5.41) is 8.54. The normalized spacial score (nSPS) is 10.5. The number of carbonyl (C=O) groups is 1. The standard InChI is InChI=1S/C11H12N4OS/c1-7(16)9-4-3-8(5-10(9)12)17-11-14-13-6-15(11)2/h3-6H,12H2,1-2H3. The Balaban J connectivity index is 2.27. The van der Waals surface area contributed by atoms with E-state index >= 15 is 0 Å². The molecule has 0 saturated carbocycles. The van der Waals surface area contributed by atoms with Crippen LogP contribution in [0.15, 0.2) is 34.6 Å². The topological polar surface area (TPSA) is 73.8 Å². The van der Waals surface area contributed by atoms with Crippen LogP contribution in [0.5, 0.6) is 0 Å². The molecule has 88 valence electrons. The van der Waals surface area contributed by atoms with Crippen molar-refractivity contribution >= 4 is 23.2 Å². The molecule has 2 aromatic rings. The third kappa shape index (κ3) is 2.47. The van der Waals surface area contributed by atoms with Crippen LogP contribution in [-0.2, 0) is 7.05 Å². The number of aryl methyl sites for hydroxylation is 1. The molecule has 1 aromatic heterocycles. The molecule has 6 heteroatoms. The summed E-state index contributed by atoms with van der Waals surface area (Å²) in [6.45, 7) is 1.50. The Kier molecular flexibility index (Phi) is 3.14. The Morgan fingerprint density at radius 2 is 2.24 bits per heavy atom. The summed E-state index contributed by atoms with van der Waals surface area (Å²) in [5.74, 6) is -0.0299. The third-order valence-corrected chi connectivity index (χ3v) is 3.32. The van der Waals surface area contributed by atoms with Crippen molar-refractivity contribution in [2.24, 2.45) is 7.05 Å². The predicted octanol–water partition coefficient (Wildman–Crippen LogP) is 1.75. The number of hydrogen-bond donors (Lipinski definition) is 1. The third-order valence-electron chi connectivity index (χ3n) is 2.28. The molecule has 5 nitrogen and oxygen atoms in total. The first-order chi connectivity index (χ1) is 8.08. The maximum Gasteiger partial charge on any atom is 0.195 e. The van der Waals surface area contributed by atoms with Crippen LogP contribution in [0.1, 0.15) is 17.3 Å². The number of aromatic nitrogens is 3. The first kappa shape index (κ1) is 11.7. The number of Topliss-reactive ketones (excluding diaryl/α,β-unsaturated/α-hetero) is 1. The average molecular weight is 248 g/mol. The van der Waals surface area contributed by atoms with Crippen molar-refractivity contribution in [3.63, 3.8) is 0 Å². The van der Waals surface area contributed by atoms with Gasteiger partial charge in [0.2, 0.25) is 0 Å². The number of hydrogen-bond acceptors (Lipinski definition) is 5. The monoisotopic (exact) mass is 248 g/mol. The maximum atomic E-state index is 11.2. The molecular weight excluding hydrogens is 236 g/mol. The Morgan fingerprint density at radius 3 is 2.76 bits per heavy atom. The molecule has 0 aliphatic heterocycles. The van der Waals surface area contributed by atoms with E-state index in [1.807, 2.05) is 17.7 Å². The van der Waals surface area contributed by atoms with Gasteiger partial charge in [0.05, 0.1) is 0 Å². The average Bonchev–Trinajstić information content (AvgIpc) is 2.64. The summed E-state index contributed by atoms with van der Waals surface area (Å²) < 4.78 is 1.82. The second-order valence-electron chi connectivity index (χ2n) is 3.63. The minimum atomic E-state index is -0.0299. The highest BCUT2D eigenvalue weighted by Gasteiger charge is 2.08. The smallest absolute Gasteiger partial charge is 0.195 e. The molecular formula is C11H12N4OS. The Morgan fingerprint density at radius 1 is 1.47 bits per heavy atom. The van der Waals surface area contributed by atoms with E-state index in [1.165, 1.54) is 18.7 Å². The van der Waals surface area contributed by atoms with Gasteiger partial charge in [0, 0.05) is 23.2 Å². The Hall–Kier alpha value is -1.82. The van der Waals surface area contributed by atoms with Crippen molar-refractivity contribution in [2.75, 3.05) is 5.73 Å². The molecule has 0 amide bonds. The lowest BCUT2D eigenvalue weighted by Gasteiger charge is -2.05. The predicted molar refractivity (Wildman–Crippen MR) is 66.0 cm³/mol. The highest BCUT2D eigenvalue weighted by molar-refractivity contribution is 7.99. The van der Waals surface area contributed by atoms with E-state index in [0.29, 0.717) is 11.3 Å². The van der Waals surface area contributed by atoms with Crippen LogP contribution in [0.3, 0.4) is 0 Å². The molecule has 0 aliphatic rings. The lowest BCUT2D eigenvalue weighted by Crippen LogP contribution is -1.99. The van der Waals surface area contributed by atoms with Crippen LogP contribution >= 0.6 is 11.8 Å². The lowest BCUT2D eigenvalue weighted by molar-refractivity contribution is 0.101. The lowest BCUT2D eigenvalue weighted by atomic mass is 10.1. The van der Waals surface area contributed by atoms with Crippen LogP contribution in [0.2, 0.25) is 0 Å². The fraction of sp³-hybridized carbons (Fsp3) is 0.182. The van der Waals surface area contributed by atoms with Gasteiger partial charge in [-0.05, 0) is 36.9 Å². The van der Waals surface area contributed by atoms with Crippen molar-refractivity contribution in [3.05, 3.63) is 30.1 Å². The zero-order valence-electron chi connectivity index (χ0n) is 9.54. The molecule has 2 rings (SSSR count). The number of nitrogens with zero attached hydrogens (tertiary/aromatic N) is 3. The number of rotatable bonds is 3. The van der Waals surface area contributed by atoms with Gasteiger partial charge >= 0.3 is 0 Å². The van der Waals surface area contributed by atoms with E-state index < -0.39 is 0 Å². The van der Waals surface area contributed by atoms with Crippen molar-refractivity contribution in [1.29, 1.82) is 0 Å². The minimum Gasteiger partial charge on any atom is -0.398 e. The second-order valence-corrected chi connectivity index (χ2v) is 4.67. The molecule has 0 radical (unpaired) electrons. The summed E-state index contributed by atoms with van der Waals surface area (Å²) in [7, 11) is 1.87.